The summed E-state index contributed by atoms with van der Waals surface area (Å²) in [4.78, 5) is 14.0. The number of unbranched alkanes of at least 4 members (excludes halogenated alkanes) is 6. The van der Waals surface area contributed by atoms with Crippen LogP contribution in [0.3, 0.4) is 0 Å². The third-order valence-corrected chi connectivity index (χ3v) is 5.99. The molecule has 0 fully saturated rings. The molecule has 0 aliphatic heterocycles. The van der Waals surface area contributed by atoms with E-state index >= 15 is 0 Å². The van der Waals surface area contributed by atoms with Gasteiger partial charge in [-0.15, -0.1) is 0 Å². The number of carbonyl (C=O) groups excluding carboxylic acids is 1. The Bertz CT molecular complexity index is 468. The molecule has 0 saturated heterocycles. The van der Waals surface area contributed by atoms with Crippen LogP contribution in [0, 0.1) is 0 Å². The quantitative estimate of drug-likeness (QED) is 0.320. The second-order valence-corrected chi connectivity index (χ2v) is 8.29. The number of benzene rings is 1. The Morgan fingerprint density at radius 2 is 1.70 bits per heavy atom. The number of allylic oxidation sites excluding steroid dienone is 1. The summed E-state index contributed by atoms with van der Waals surface area (Å²) in [6.07, 6.45) is 11.0. The molecular weight excluding hydrogens is 349 g/mol. The van der Waals surface area contributed by atoms with Crippen LogP contribution in [-0.2, 0) is 4.79 Å². The van der Waals surface area contributed by atoms with E-state index in [1.54, 1.807) is 4.90 Å². The van der Waals surface area contributed by atoms with Gasteiger partial charge in [-0.2, -0.15) is 0 Å². The first-order chi connectivity index (χ1) is 11.1. The molecule has 0 saturated carbocycles. The zero-order chi connectivity index (χ0) is 16.9. The Labute approximate surface area is 148 Å². The van der Waals surface area contributed by atoms with Crippen molar-refractivity contribution in [1.82, 2.24) is 4.90 Å². The Morgan fingerprint density at radius 1 is 1.04 bits per heavy atom. The fraction of sp³-hybridized carbons (Fsp3) is 0.550. The molecule has 1 amide bonds. The SMILES string of the molecule is CCCCCCCC/C=C(/C[Se]c1ccccc1)C(=O)N(C)C. The van der Waals surface area contributed by atoms with Gasteiger partial charge >= 0.3 is 148 Å². The van der Waals surface area contributed by atoms with E-state index in [0.29, 0.717) is 15.0 Å². The van der Waals surface area contributed by atoms with Gasteiger partial charge in [-0.3, -0.25) is 0 Å². The molecule has 0 N–H and O–H groups in total. The van der Waals surface area contributed by atoms with Crippen LogP contribution in [-0.4, -0.2) is 39.9 Å². The molecule has 128 valence electrons. The second-order valence-electron chi connectivity index (χ2n) is 6.09. The fourth-order valence-electron chi connectivity index (χ4n) is 2.37. The van der Waals surface area contributed by atoms with Crippen LogP contribution in [0.15, 0.2) is 42.0 Å². The molecule has 0 aliphatic carbocycles. The van der Waals surface area contributed by atoms with Crippen LogP contribution in [0.25, 0.3) is 0 Å². The zero-order valence-corrected chi connectivity index (χ0v) is 16.6. The Balaban J connectivity index is 2.45. The van der Waals surface area contributed by atoms with Crippen LogP contribution < -0.4 is 4.46 Å². The number of hydrogen-bond acceptors (Lipinski definition) is 1. The van der Waals surface area contributed by atoms with Crippen molar-refractivity contribution in [2.24, 2.45) is 0 Å². The normalized spacial score (nSPS) is 11.5. The third-order valence-electron chi connectivity index (χ3n) is 3.77. The van der Waals surface area contributed by atoms with Gasteiger partial charge in [0.05, 0.1) is 0 Å². The van der Waals surface area contributed by atoms with E-state index in [2.05, 4.69) is 37.3 Å². The maximum absolute atomic E-state index is 12.3. The summed E-state index contributed by atoms with van der Waals surface area (Å²) in [5.41, 5.74) is 0.993. The molecule has 1 aromatic carbocycles. The summed E-state index contributed by atoms with van der Waals surface area (Å²) < 4.78 is 1.36. The van der Waals surface area contributed by atoms with Crippen LogP contribution in [0.5, 0.6) is 0 Å². The predicted octanol–water partition coefficient (Wildman–Crippen LogP) is 4.20. The standard InChI is InChI=1S/C20H31NOSe/c1-4-5-6-7-8-9-11-14-18(20(22)21(2)3)17-23-19-15-12-10-13-16-19/h10,12-16H,4-9,11,17H2,1-3H3/b18-14-. The number of carbonyl (C=O) groups is 1. The van der Waals surface area contributed by atoms with Crippen molar-refractivity contribution >= 4 is 25.3 Å². The molecular formula is C20H31NOSe. The maximum atomic E-state index is 12.3. The van der Waals surface area contributed by atoms with E-state index in [1.807, 2.05) is 20.2 Å². The molecule has 1 aromatic rings. The van der Waals surface area contributed by atoms with Gasteiger partial charge in [0.1, 0.15) is 0 Å². The molecule has 1 rings (SSSR count). The van der Waals surface area contributed by atoms with Crippen molar-refractivity contribution in [2.45, 2.75) is 57.2 Å². The van der Waals surface area contributed by atoms with Crippen LogP contribution in [0.4, 0.5) is 0 Å². The number of amides is 1. The summed E-state index contributed by atoms with van der Waals surface area (Å²) >= 11 is 0.333. The Hall–Kier alpha value is -1.05. The molecule has 2 nitrogen and oxygen atoms in total. The molecule has 0 spiro atoms. The molecule has 0 bridgehead atoms. The molecule has 0 aliphatic rings. The van der Waals surface area contributed by atoms with Crippen molar-refractivity contribution in [3.05, 3.63) is 42.0 Å². The number of likely N-dealkylation sites (N-methyl/N-ethyl adjacent to an activating group) is 1. The van der Waals surface area contributed by atoms with Crippen molar-refractivity contribution in [3.63, 3.8) is 0 Å². The first kappa shape index (κ1) is 20.0. The molecule has 0 heterocycles. The first-order valence-electron chi connectivity index (χ1n) is 8.73. The number of hydrogen-bond donors (Lipinski definition) is 0. The average Bonchev–Trinajstić information content (AvgIpc) is 2.57. The zero-order valence-electron chi connectivity index (χ0n) is 14.9. The topological polar surface area (TPSA) is 20.3 Å². The van der Waals surface area contributed by atoms with E-state index in [9.17, 15) is 4.79 Å². The van der Waals surface area contributed by atoms with Crippen molar-refractivity contribution in [2.75, 3.05) is 14.1 Å². The van der Waals surface area contributed by atoms with Gasteiger partial charge in [0.15, 0.2) is 0 Å². The molecule has 0 aromatic heterocycles. The van der Waals surface area contributed by atoms with Crippen LogP contribution in [0.2, 0.25) is 5.32 Å². The van der Waals surface area contributed by atoms with Gasteiger partial charge in [-0.05, 0) is 0 Å². The van der Waals surface area contributed by atoms with Gasteiger partial charge in [-0.1, -0.05) is 0 Å². The molecule has 0 atom stereocenters. The average molecular weight is 380 g/mol. The number of rotatable bonds is 11. The van der Waals surface area contributed by atoms with Gasteiger partial charge in [0.25, 0.3) is 0 Å². The summed E-state index contributed by atoms with van der Waals surface area (Å²) in [7, 11) is 3.69. The van der Waals surface area contributed by atoms with Gasteiger partial charge in [-0.25, -0.2) is 0 Å². The Morgan fingerprint density at radius 3 is 2.35 bits per heavy atom. The predicted molar refractivity (Wildman–Crippen MR) is 101 cm³/mol. The summed E-state index contributed by atoms with van der Waals surface area (Å²) in [5, 5.41) is 0.893. The fourth-order valence-corrected chi connectivity index (χ4v) is 4.29. The summed E-state index contributed by atoms with van der Waals surface area (Å²) in [6, 6.07) is 10.5. The number of nitrogens with zero attached hydrogens (tertiary/aromatic N) is 1. The molecule has 0 unspecified atom stereocenters. The Kier molecular flexibility index (Phi) is 10.8. The van der Waals surface area contributed by atoms with E-state index in [4.69, 9.17) is 0 Å². The molecule has 3 heteroatoms. The van der Waals surface area contributed by atoms with Crippen molar-refractivity contribution in [3.8, 4) is 0 Å². The van der Waals surface area contributed by atoms with E-state index < -0.39 is 0 Å². The first-order valence-corrected chi connectivity index (χ1v) is 10.8. The van der Waals surface area contributed by atoms with Crippen molar-refractivity contribution < 1.29 is 4.79 Å². The van der Waals surface area contributed by atoms with Gasteiger partial charge < -0.3 is 0 Å². The van der Waals surface area contributed by atoms with E-state index in [0.717, 1.165) is 17.3 Å². The van der Waals surface area contributed by atoms with Crippen molar-refractivity contribution in [1.29, 1.82) is 0 Å². The summed E-state index contributed by atoms with van der Waals surface area (Å²) in [5.74, 6) is 0.175. The second kappa shape index (κ2) is 12.4. The monoisotopic (exact) mass is 381 g/mol. The third kappa shape index (κ3) is 8.98. The molecule has 0 radical (unpaired) electrons. The summed E-state index contributed by atoms with van der Waals surface area (Å²) in [6.45, 7) is 2.25. The van der Waals surface area contributed by atoms with E-state index in [1.165, 1.54) is 43.0 Å². The molecule has 23 heavy (non-hydrogen) atoms. The minimum absolute atomic E-state index is 0.175. The van der Waals surface area contributed by atoms with Gasteiger partial charge in [0, 0.05) is 0 Å². The van der Waals surface area contributed by atoms with Crippen LogP contribution >= 0.6 is 0 Å². The minimum atomic E-state index is 0.175. The van der Waals surface area contributed by atoms with E-state index in [-0.39, 0.29) is 5.91 Å². The van der Waals surface area contributed by atoms with Crippen LogP contribution in [0.1, 0.15) is 51.9 Å². The van der Waals surface area contributed by atoms with Gasteiger partial charge in [0.2, 0.25) is 0 Å².